The molecule has 2 rings (SSSR count). The molecule has 0 radical (unpaired) electrons. The monoisotopic (exact) mass is 282 g/mol. The summed E-state index contributed by atoms with van der Waals surface area (Å²) in [6.45, 7) is 1.50. The molecule has 2 aromatic rings. The van der Waals surface area contributed by atoms with Gasteiger partial charge < -0.3 is 10.1 Å². The van der Waals surface area contributed by atoms with E-state index in [0.29, 0.717) is 11.3 Å². The van der Waals surface area contributed by atoms with Crippen molar-refractivity contribution in [1.82, 2.24) is 9.97 Å². The zero-order valence-corrected chi connectivity index (χ0v) is 11.0. The largest absolute Gasteiger partial charge is 0.396 e. The quantitative estimate of drug-likeness (QED) is 0.906. The summed E-state index contributed by atoms with van der Waals surface area (Å²) in [5.41, 5.74) is 0.625. The van der Waals surface area contributed by atoms with Crippen LogP contribution in [-0.4, -0.2) is 21.7 Å². The second-order valence-corrected chi connectivity index (χ2v) is 4.46. The Morgan fingerprint density at radius 2 is 2.21 bits per heavy atom. The third kappa shape index (κ3) is 2.67. The first-order valence-electron chi connectivity index (χ1n) is 5.69. The van der Waals surface area contributed by atoms with Crippen LogP contribution in [-0.2, 0) is 6.42 Å². The van der Waals surface area contributed by atoms with Gasteiger partial charge in [-0.15, -0.1) is 0 Å². The van der Waals surface area contributed by atoms with Crippen molar-refractivity contribution >= 4 is 11.6 Å². The highest BCUT2D eigenvalue weighted by molar-refractivity contribution is 6.31. The predicted molar refractivity (Wildman–Crippen MR) is 70.8 cm³/mol. The maximum Gasteiger partial charge on any atom is 0.254 e. The van der Waals surface area contributed by atoms with Crippen molar-refractivity contribution in [2.75, 3.05) is 6.61 Å². The molecule has 0 saturated carbocycles. The molecule has 1 aromatic carbocycles. The van der Waals surface area contributed by atoms with Gasteiger partial charge in [-0.05, 0) is 19.1 Å². The standard InChI is InChI=1S/C13H12ClFN2O2/c1-7-8(5-6-18)13(19)17-12(16-7)9-3-2-4-10(14)11(9)15/h2-4,18H,5-6H2,1H3,(H,16,17,19). The summed E-state index contributed by atoms with van der Waals surface area (Å²) >= 11 is 5.70. The lowest BCUT2D eigenvalue weighted by Gasteiger charge is -2.07. The maximum atomic E-state index is 13.9. The number of H-pyrrole nitrogens is 1. The summed E-state index contributed by atoms with van der Waals surface area (Å²) in [5.74, 6) is -0.495. The Bertz CT molecular complexity index is 670. The van der Waals surface area contributed by atoms with E-state index in [-0.39, 0.29) is 35.0 Å². The van der Waals surface area contributed by atoms with E-state index in [2.05, 4.69) is 9.97 Å². The van der Waals surface area contributed by atoms with Gasteiger partial charge in [0.2, 0.25) is 0 Å². The van der Waals surface area contributed by atoms with Gasteiger partial charge in [0.15, 0.2) is 5.82 Å². The summed E-state index contributed by atoms with van der Waals surface area (Å²) in [4.78, 5) is 18.5. The molecule has 0 amide bonds. The highest BCUT2D eigenvalue weighted by Gasteiger charge is 2.13. The average molecular weight is 283 g/mol. The highest BCUT2D eigenvalue weighted by atomic mass is 35.5. The Morgan fingerprint density at radius 3 is 2.84 bits per heavy atom. The first-order valence-corrected chi connectivity index (χ1v) is 6.07. The number of halogens is 2. The molecule has 6 heteroatoms. The summed E-state index contributed by atoms with van der Waals surface area (Å²) in [6.07, 6.45) is 0.215. The van der Waals surface area contributed by atoms with Crippen LogP contribution in [0.5, 0.6) is 0 Å². The molecule has 4 nitrogen and oxygen atoms in total. The molecule has 2 N–H and O–H groups in total. The average Bonchev–Trinajstić information content (AvgIpc) is 2.37. The van der Waals surface area contributed by atoms with Crippen molar-refractivity contribution in [1.29, 1.82) is 0 Å². The maximum absolute atomic E-state index is 13.9. The number of aromatic nitrogens is 2. The topological polar surface area (TPSA) is 66.0 Å². The summed E-state index contributed by atoms with van der Waals surface area (Å²) in [5, 5.41) is 8.85. The SMILES string of the molecule is Cc1nc(-c2cccc(Cl)c2F)[nH]c(=O)c1CCO. The van der Waals surface area contributed by atoms with Crippen LogP contribution in [0.4, 0.5) is 4.39 Å². The molecular formula is C13H12ClFN2O2. The Hall–Kier alpha value is -1.72. The third-order valence-corrected chi connectivity index (χ3v) is 3.08. The third-order valence-electron chi connectivity index (χ3n) is 2.79. The Kier molecular flexibility index (Phi) is 3.97. The van der Waals surface area contributed by atoms with E-state index >= 15 is 0 Å². The van der Waals surface area contributed by atoms with Crippen LogP contribution in [0.15, 0.2) is 23.0 Å². The second-order valence-electron chi connectivity index (χ2n) is 4.05. The lowest BCUT2D eigenvalue weighted by molar-refractivity contribution is 0.298. The normalized spacial score (nSPS) is 10.7. The number of hydrogen-bond acceptors (Lipinski definition) is 3. The van der Waals surface area contributed by atoms with Gasteiger partial charge >= 0.3 is 0 Å². The number of aromatic amines is 1. The van der Waals surface area contributed by atoms with Crippen molar-refractivity contribution in [3.8, 4) is 11.4 Å². The molecule has 100 valence electrons. The lowest BCUT2D eigenvalue weighted by atomic mass is 10.1. The van der Waals surface area contributed by atoms with Crippen molar-refractivity contribution in [3.05, 3.63) is 50.7 Å². The van der Waals surface area contributed by atoms with Crippen LogP contribution in [0.3, 0.4) is 0 Å². The fourth-order valence-corrected chi connectivity index (χ4v) is 2.01. The predicted octanol–water partition coefficient (Wildman–Crippen LogP) is 2.07. The number of nitrogens with zero attached hydrogens (tertiary/aromatic N) is 1. The van der Waals surface area contributed by atoms with Gasteiger partial charge in [0.05, 0.1) is 10.6 Å². The number of aliphatic hydroxyl groups excluding tert-OH is 1. The first kappa shape index (κ1) is 13.7. The smallest absolute Gasteiger partial charge is 0.254 e. The minimum atomic E-state index is -0.623. The van der Waals surface area contributed by atoms with Crippen LogP contribution in [0.2, 0.25) is 5.02 Å². The summed E-state index contributed by atoms with van der Waals surface area (Å²) < 4.78 is 13.9. The molecule has 0 aliphatic rings. The van der Waals surface area contributed by atoms with E-state index in [1.165, 1.54) is 12.1 Å². The fourth-order valence-electron chi connectivity index (χ4n) is 1.83. The highest BCUT2D eigenvalue weighted by Crippen LogP contribution is 2.24. The number of nitrogens with one attached hydrogen (secondary N) is 1. The van der Waals surface area contributed by atoms with E-state index in [1.54, 1.807) is 13.0 Å². The van der Waals surface area contributed by atoms with Crippen LogP contribution in [0, 0.1) is 12.7 Å². The Balaban J connectivity index is 2.59. The molecule has 0 aliphatic carbocycles. The number of aliphatic hydroxyl groups is 1. The van der Waals surface area contributed by atoms with E-state index in [4.69, 9.17) is 16.7 Å². The number of benzene rings is 1. The molecule has 0 aliphatic heterocycles. The Labute approximate surface area is 113 Å². The molecule has 0 saturated heterocycles. The Morgan fingerprint density at radius 1 is 1.47 bits per heavy atom. The van der Waals surface area contributed by atoms with E-state index in [9.17, 15) is 9.18 Å². The zero-order valence-electron chi connectivity index (χ0n) is 10.2. The summed E-state index contributed by atoms with van der Waals surface area (Å²) in [7, 11) is 0. The van der Waals surface area contributed by atoms with E-state index < -0.39 is 5.82 Å². The molecular weight excluding hydrogens is 271 g/mol. The summed E-state index contributed by atoms with van der Waals surface area (Å²) in [6, 6.07) is 4.49. The molecule has 0 spiro atoms. The molecule has 19 heavy (non-hydrogen) atoms. The van der Waals surface area contributed by atoms with E-state index in [1.807, 2.05) is 0 Å². The van der Waals surface area contributed by atoms with Gasteiger partial charge in [0.1, 0.15) is 5.82 Å². The van der Waals surface area contributed by atoms with Gasteiger partial charge in [-0.3, -0.25) is 4.79 Å². The molecule has 0 bridgehead atoms. The molecule has 0 fully saturated rings. The molecule has 1 heterocycles. The van der Waals surface area contributed by atoms with Crippen molar-refractivity contribution < 1.29 is 9.50 Å². The van der Waals surface area contributed by atoms with Gasteiger partial charge in [0.25, 0.3) is 5.56 Å². The van der Waals surface area contributed by atoms with Crippen LogP contribution < -0.4 is 5.56 Å². The molecule has 0 unspecified atom stereocenters. The van der Waals surface area contributed by atoms with Gasteiger partial charge in [-0.1, -0.05) is 17.7 Å². The minimum absolute atomic E-state index is 0.0303. The molecule has 0 atom stereocenters. The zero-order chi connectivity index (χ0) is 14.0. The number of rotatable bonds is 3. The number of aryl methyl sites for hydroxylation is 1. The van der Waals surface area contributed by atoms with Gasteiger partial charge in [-0.25, -0.2) is 9.37 Å². The number of hydrogen-bond donors (Lipinski definition) is 2. The van der Waals surface area contributed by atoms with Crippen molar-refractivity contribution in [2.24, 2.45) is 0 Å². The van der Waals surface area contributed by atoms with Crippen LogP contribution >= 0.6 is 11.6 Å². The van der Waals surface area contributed by atoms with Gasteiger partial charge in [0, 0.05) is 24.3 Å². The van der Waals surface area contributed by atoms with Gasteiger partial charge in [-0.2, -0.15) is 0 Å². The minimum Gasteiger partial charge on any atom is -0.396 e. The van der Waals surface area contributed by atoms with Crippen molar-refractivity contribution in [2.45, 2.75) is 13.3 Å². The first-order chi connectivity index (χ1) is 9.04. The lowest BCUT2D eigenvalue weighted by Crippen LogP contribution is -2.18. The van der Waals surface area contributed by atoms with Crippen LogP contribution in [0.1, 0.15) is 11.3 Å². The van der Waals surface area contributed by atoms with Crippen LogP contribution in [0.25, 0.3) is 11.4 Å². The van der Waals surface area contributed by atoms with E-state index in [0.717, 1.165) is 0 Å². The second kappa shape index (κ2) is 5.50. The van der Waals surface area contributed by atoms with Crippen molar-refractivity contribution in [3.63, 3.8) is 0 Å². The fraction of sp³-hybridized carbons (Fsp3) is 0.231. The molecule has 1 aromatic heterocycles.